The van der Waals surface area contributed by atoms with Gasteiger partial charge in [0.05, 0.1) is 0 Å². The van der Waals surface area contributed by atoms with Crippen LogP contribution in [0.15, 0.2) is 53.1 Å². The molecule has 234 valence electrons. The summed E-state index contributed by atoms with van der Waals surface area (Å²) >= 11 is 0. The van der Waals surface area contributed by atoms with Crippen molar-refractivity contribution in [1.82, 2.24) is 26.4 Å². The molecule has 44 heavy (non-hydrogen) atoms. The monoisotopic (exact) mass is 605 g/mol. The van der Waals surface area contributed by atoms with Crippen molar-refractivity contribution in [2.75, 3.05) is 6.54 Å². The fourth-order valence-corrected chi connectivity index (χ4v) is 5.42. The molecule has 1 saturated heterocycles. The minimum absolute atomic E-state index is 0.00532. The Bertz CT molecular complexity index is 1510. The summed E-state index contributed by atoms with van der Waals surface area (Å²) in [6.45, 7) is 5.92. The Balaban J connectivity index is 1.55. The lowest BCUT2D eigenvalue weighted by Gasteiger charge is -2.28. The second-order valence-corrected chi connectivity index (χ2v) is 11.6. The minimum atomic E-state index is -1.32. The van der Waals surface area contributed by atoms with Crippen LogP contribution >= 0.6 is 0 Å². The molecule has 0 aliphatic carbocycles. The molecule has 1 fully saturated rings. The molecule has 3 aromatic rings. The van der Waals surface area contributed by atoms with Crippen LogP contribution < -0.4 is 21.3 Å². The van der Waals surface area contributed by atoms with E-state index in [1.165, 1.54) is 6.07 Å². The molecule has 4 atom stereocenters. The van der Waals surface area contributed by atoms with Gasteiger partial charge >= 0.3 is 5.97 Å². The Morgan fingerprint density at radius 1 is 1.00 bits per heavy atom. The fraction of sp³-hybridized carbons (Fsp3) is 0.438. The standard InChI is InChI=1S/C32H39N5O7/c1-18(2)14-24(29(39)36-27(32(42)43)17-22-11-7-13-33-28(22)38)34-30(40)25(35-31(41)26-15-19(3)44-37-26)16-21-10-6-9-20-8-4-5-12-23(20)21/h4-6,8-10,12,15,18,22,24-25,27H,7,11,13-14,16-17H2,1-3H3,(H,33,38)(H,34,40)(H,35,41)(H,36,39)(H,42,43)/t22-,24?,25?,27?/m0/s1. The molecule has 12 nitrogen and oxygen atoms in total. The van der Waals surface area contributed by atoms with Crippen LogP contribution in [0.5, 0.6) is 0 Å². The van der Waals surface area contributed by atoms with Gasteiger partial charge in [0, 0.05) is 24.9 Å². The zero-order valence-corrected chi connectivity index (χ0v) is 25.1. The Kier molecular flexibility index (Phi) is 10.7. The lowest BCUT2D eigenvalue weighted by molar-refractivity contribution is -0.143. The van der Waals surface area contributed by atoms with E-state index < -0.39 is 47.7 Å². The average Bonchev–Trinajstić information content (AvgIpc) is 3.43. The van der Waals surface area contributed by atoms with E-state index in [0.717, 1.165) is 22.8 Å². The molecule has 12 heteroatoms. The largest absolute Gasteiger partial charge is 0.480 e. The van der Waals surface area contributed by atoms with Gasteiger partial charge in [0.1, 0.15) is 23.9 Å². The lowest BCUT2D eigenvalue weighted by atomic mass is 9.91. The number of aromatic nitrogens is 1. The van der Waals surface area contributed by atoms with E-state index in [-0.39, 0.29) is 36.8 Å². The van der Waals surface area contributed by atoms with E-state index in [1.54, 1.807) is 6.92 Å². The smallest absolute Gasteiger partial charge is 0.326 e. The molecule has 3 unspecified atom stereocenters. The van der Waals surface area contributed by atoms with E-state index >= 15 is 0 Å². The van der Waals surface area contributed by atoms with E-state index in [4.69, 9.17) is 4.52 Å². The number of carbonyl (C=O) groups is 5. The van der Waals surface area contributed by atoms with Crippen molar-refractivity contribution in [3.63, 3.8) is 0 Å². The Morgan fingerprint density at radius 2 is 1.70 bits per heavy atom. The first-order valence-electron chi connectivity index (χ1n) is 14.8. The highest BCUT2D eigenvalue weighted by Gasteiger charge is 2.34. The summed E-state index contributed by atoms with van der Waals surface area (Å²) in [5.74, 6) is -3.58. The van der Waals surface area contributed by atoms with E-state index in [0.29, 0.717) is 18.7 Å². The van der Waals surface area contributed by atoms with E-state index in [2.05, 4.69) is 26.4 Å². The van der Waals surface area contributed by atoms with Gasteiger partial charge in [0.25, 0.3) is 5.91 Å². The first-order valence-corrected chi connectivity index (χ1v) is 14.8. The normalized spacial score (nSPS) is 16.9. The highest BCUT2D eigenvalue weighted by atomic mass is 16.5. The number of rotatable bonds is 13. The number of nitrogens with zero attached hydrogens (tertiary/aromatic N) is 1. The number of carboxylic acid groups (broad SMARTS) is 1. The zero-order valence-electron chi connectivity index (χ0n) is 25.1. The molecule has 0 bridgehead atoms. The van der Waals surface area contributed by atoms with E-state index in [1.807, 2.05) is 56.3 Å². The van der Waals surface area contributed by atoms with Crippen LogP contribution in [0, 0.1) is 18.8 Å². The summed E-state index contributed by atoms with van der Waals surface area (Å²) in [6.07, 6.45) is 1.51. The quantitative estimate of drug-likeness (QED) is 0.197. The maximum absolute atomic E-state index is 13.8. The molecule has 1 aromatic heterocycles. The third-order valence-electron chi connectivity index (χ3n) is 7.66. The van der Waals surface area contributed by atoms with Gasteiger partial charge in [0.2, 0.25) is 17.7 Å². The van der Waals surface area contributed by atoms with Crippen LogP contribution in [0.4, 0.5) is 0 Å². The summed E-state index contributed by atoms with van der Waals surface area (Å²) in [6, 6.07) is 11.3. The lowest BCUT2D eigenvalue weighted by Crippen LogP contribution is -2.57. The van der Waals surface area contributed by atoms with Crippen molar-refractivity contribution in [3.8, 4) is 0 Å². The van der Waals surface area contributed by atoms with Crippen LogP contribution in [0.2, 0.25) is 0 Å². The molecule has 1 aliphatic heterocycles. The summed E-state index contributed by atoms with van der Waals surface area (Å²) in [4.78, 5) is 64.6. The number of hydrogen-bond donors (Lipinski definition) is 5. The van der Waals surface area contributed by atoms with Crippen LogP contribution in [-0.2, 0) is 25.6 Å². The molecular formula is C32H39N5O7. The summed E-state index contributed by atoms with van der Waals surface area (Å²) in [7, 11) is 0. The van der Waals surface area contributed by atoms with E-state index in [9.17, 15) is 29.1 Å². The number of nitrogens with one attached hydrogen (secondary N) is 4. The Hall–Kier alpha value is -4.74. The minimum Gasteiger partial charge on any atom is -0.480 e. The van der Waals surface area contributed by atoms with Crippen molar-refractivity contribution < 1.29 is 33.6 Å². The molecule has 5 N–H and O–H groups in total. The third-order valence-corrected chi connectivity index (χ3v) is 7.66. The van der Waals surface area contributed by atoms with Gasteiger partial charge in [-0.15, -0.1) is 0 Å². The highest BCUT2D eigenvalue weighted by molar-refractivity contribution is 5.98. The second-order valence-electron chi connectivity index (χ2n) is 11.6. The maximum Gasteiger partial charge on any atom is 0.326 e. The highest BCUT2D eigenvalue weighted by Crippen LogP contribution is 2.21. The van der Waals surface area contributed by atoms with Gasteiger partial charge in [-0.25, -0.2) is 4.79 Å². The van der Waals surface area contributed by atoms with Crippen LogP contribution in [0.1, 0.15) is 61.3 Å². The van der Waals surface area contributed by atoms with Gasteiger partial charge in [-0.05, 0) is 54.9 Å². The Labute approximate surface area is 255 Å². The third kappa shape index (κ3) is 8.42. The SMILES string of the molecule is Cc1cc(C(=O)NC(Cc2cccc3ccccc23)C(=O)NC(CC(C)C)C(=O)NC(C[C@@H]2CCCNC2=O)C(=O)O)no1. The molecule has 0 radical (unpaired) electrons. The van der Waals surface area contributed by atoms with Crippen molar-refractivity contribution in [2.45, 2.75) is 71.0 Å². The molecular weight excluding hydrogens is 566 g/mol. The topological polar surface area (TPSA) is 180 Å². The zero-order chi connectivity index (χ0) is 31.8. The summed E-state index contributed by atoms with van der Waals surface area (Å²) in [5.41, 5.74) is 0.812. The van der Waals surface area contributed by atoms with Crippen molar-refractivity contribution >= 4 is 40.4 Å². The van der Waals surface area contributed by atoms with Crippen molar-refractivity contribution in [3.05, 3.63) is 65.5 Å². The number of aliphatic carboxylic acids is 1. The number of amides is 4. The number of carboxylic acids is 1. The second kappa shape index (κ2) is 14.6. The first kappa shape index (κ1) is 32.2. The van der Waals surface area contributed by atoms with Gasteiger partial charge in [-0.2, -0.15) is 0 Å². The fourth-order valence-electron chi connectivity index (χ4n) is 5.42. The van der Waals surface area contributed by atoms with Gasteiger partial charge in [-0.1, -0.05) is 61.5 Å². The number of fused-ring (bicyclic) bond motifs is 1. The Morgan fingerprint density at radius 3 is 2.39 bits per heavy atom. The number of aryl methyl sites for hydroxylation is 1. The maximum atomic E-state index is 13.8. The number of hydrogen-bond acceptors (Lipinski definition) is 7. The molecule has 0 spiro atoms. The van der Waals surface area contributed by atoms with Gasteiger partial charge in [-0.3, -0.25) is 19.2 Å². The van der Waals surface area contributed by atoms with Crippen molar-refractivity contribution in [1.29, 1.82) is 0 Å². The van der Waals surface area contributed by atoms with Gasteiger partial charge < -0.3 is 30.9 Å². The molecule has 4 rings (SSSR count). The molecule has 2 aromatic carbocycles. The first-order chi connectivity index (χ1) is 21.0. The predicted molar refractivity (Wildman–Crippen MR) is 161 cm³/mol. The summed E-state index contributed by atoms with van der Waals surface area (Å²) in [5, 5.41) is 26.2. The summed E-state index contributed by atoms with van der Waals surface area (Å²) < 4.78 is 5.02. The molecule has 2 heterocycles. The number of piperidine rings is 1. The molecule has 1 aliphatic rings. The molecule has 4 amide bonds. The molecule has 0 saturated carbocycles. The van der Waals surface area contributed by atoms with Gasteiger partial charge in [0.15, 0.2) is 5.69 Å². The number of carbonyl (C=O) groups excluding carboxylic acids is 4. The van der Waals surface area contributed by atoms with Crippen LogP contribution in [0.3, 0.4) is 0 Å². The van der Waals surface area contributed by atoms with Crippen LogP contribution in [-0.4, -0.2) is 64.5 Å². The average molecular weight is 606 g/mol. The van der Waals surface area contributed by atoms with Crippen molar-refractivity contribution in [2.24, 2.45) is 11.8 Å². The number of benzene rings is 2. The predicted octanol–water partition coefficient (Wildman–Crippen LogP) is 2.49. The van der Waals surface area contributed by atoms with Crippen LogP contribution in [0.25, 0.3) is 10.8 Å².